The first-order valence-electron chi connectivity index (χ1n) is 11.8. The summed E-state index contributed by atoms with van der Waals surface area (Å²) < 4.78 is 2.03. The quantitative estimate of drug-likeness (QED) is 0.423. The fraction of sp³-hybridized carbons (Fsp3) is 0.385. The van der Waals surface area contributed by atoms with E-state index >= 15 is 0 Å². The molecule has 0 saturated heterocycles. The molecule has 0 fully saturated rings. The van der Waals surface area contributed by atoms with Crippen molar-refractivity contribution in [2.75, 3.05) is 0 Å². The molecule has 2 unspecified atom stereocenters. The summed E-state index contributed by atoms with van der Waals surface area (Å²) in [5.41, 5.74) is 3.27. The number of carbonyl (C=O) groups is 2. The van der Waals surface area contributed by atoms with Gasteiger partial charge in [0.25, 0.3) is 11.8 Å². The first-order valence-corrected chi connectivity index (χ1v) is 11.8. The van der Waals surface area contributed by atoms with Gasteiger partial charge in [0, 0.05) is 32.1 Å². The third kappa shape index (κ3) is 4.20. The van der Waals surface area contributed by atoms with Crippen LogP contribution in [0.15, 0.2) is 55.0 Å². The van der Waals surface area contributed by atoms with Crippen LogP contribution in [0.25, 0.3) is 0 Å². The minimum absolute atomic E-state index is 0.0267. The number of imide groups is 1. The molecule has 2 atom stereocenters. The molecule has 1 aliphatic carbocycles. The maximum Gasteiger partial charge on any atom is 0.262 e. The van der Waals surface area contributed by atoms with E-state index < -0.39 is 0 Å². The Labute approximate surface area is 193 Å². The lowest BCUT2D eigenvalue weighted by Gasteiger charge is -2.33. The molecule has 0 bridgehead atoms. The van der Waals surface area contributed by atoms with E-state index in [-0.39, 0.29) is 24.0 Å². The number of aromatic nitrogens is 3. The van der Waals surface area contributed by atoms with Gasteiger partial charge in [0.2, 0.25) is 0 Å². The molecule has 5 rings (SSSR count). The summed E-state index contributed by atoms with van der Waals surface area (Å²) in [5.74, 6) is 0.620. The first-order chi connectivity index (χ1) is 16.1. The first kappa shape index (κ1) is 21.5. The number of benzene rings is 1. The van der Waals surface area contributed by atoms with Gasteiger partial charge in [-0.05, 0) is 62.3 Å². The summed E-state index contributed by atoms with van der Waals surface area (Å²) >= 11 is 0. The van der Waals surface area contributed by atoms with Gasteiger partial charge in [-0.25, -0.2) is 4.98 Å². The second-order valence-electron chi connectivity index (χ2n) is 8.90. The predicted octanol–water partition coefficient (Wildman–Crippen LogP) is 3.82. The number of carbonyl (C=O) groups excluding carboxylic acids is 2. The Morgan fingerprint density at radius 3 is 2.55 bits per heavy atom. The molecule has 3 aromatic rings. The highest BCUT2D eigenvalue weighted by molar-refractivity contribution is 6.21. The molecular weight excluding hydrogens is 414 g/mol. The SMILES string of the molecule is Cn1ccnc1CCCCC(NC1CCCc2cccnc21)N1C(=O)c2ccccc2C1=O. The molecule has 1 N–H and O–H groups in total. The van der Waals surface area contributed by atoms with Gasteiger partial charge in [-0.2, -0.15) is 0 Å². The smallest absolute Gasteiger partial charge is 0.262 e. The lowest BCUT2D eigenvalue weighted by molar-refractivity contribution is 0.0522. The van der Waals surface area contributed by atoms with E-state index in [4.69, 9.17) is 0 Å². The Kier molecular flexibility index (Phi) is 6.05. The van der Waals surface area contributed by atoms with E-state index in [1.54, 1.807) is 12.1 Å². The minimum Gasteiger partial charge on any atom is -0.338 e. The van der Waals surface area contributed by atoms with Crippen molar-refractivity contribution in [3.05, 3.63) is 83.2 Å². The van der Waals surface area contributed by atoms with Gasteiger partial charge in [-0.15, -0.1) is 0 Å². The van der Waals surface area contributed by atoms with Crippen molar-refractivity contribution < 1.29 is 9.59 Å². The molecule has 3 heterocycles. The molecule has 7 nitrogen and oxygen atoms in total. The Balaban J connectivity index is 1.35. The fourth-order valence-electron chi connectivity index (χ4n) is 5.04. The second kappa shape index (κ2) is 9.27. The third-order valence-electron chi connectivity index (χ3n) is 6.77. The third-order valence-corrected chi connectivity index (χ3v) is 6.77. The summed E-state index contributed by atoms with van der Waals surface area (Å²) in [7, 11) is 2.00. The molecule has 170 valence electrons. The lowest BCUT2D eigenvalue weighted by atomic mass is 9.91. The van der Waals surface area contributed by atoms with Crippen LogP contribution in [0.1, 0.15) is 75.9 Å². The average Bonchev–Trinajstić information content (AvgIpc) is 3.36. The van der Waals surface area contributed by atoms with E-state index in [9.17, 15) is 9.59 Å². The van der Waals surface area contributed by atoms with Gasteiger partial charge in [-0.1, -0.05) is 18.2 Å². The van der Waals surface area contributed by atoms with Gasteiger partial charge in [0.15, 0.2) is 0 Å². The van der Waals surface area contributed by atoms with E-state index in [1.807, 2.05) is 48.4 Å². The zero-order chi connectivity index (χ0) is 22.8. The summed E-state index contributed by atoms with van der Waals surface area (Å²) in [5, 5.41) is 3.66. The number of pyridine rings is 1. The summed E-state index contributed by atoms with van der Waals surface area (Å²) in [6.07, 6.45) is 11.6. The van der Waals surface area contributed by atoms with Crippen LogP contribution in [0, 0.1) is 0 Å². The number of hydrogen-bond donors (Lipinski definition) is 1. The van der Waals surface area contributed by atoms with Gasteiger partial charge in [-0.3, -0.25) is 24.8 Å². The standard InChI is InChI=1S/C26H29N5O2/c1-30-17-16-27-22(30)13-4-5-14-23(29-21-12-6-8-18-9-7-15-28-24(18)21)31-25(32)19-10-2-3-11-20(19)26(31)33/h2-3,7,9-11,15-17,21,23,29H,4-6,8,12-14H2,1H3. The van der Waals surface area contributed by atoms with Crippen LogP contribution in [0.2, 0.25) is 0 Å². The number of aryl methyl sites for hydroxylation is 3. The molecule has 7 heteroatoms. The largest absolute Gasteiger partial charge is 0.338 e. The number of unbranched alkanes of at least 4 members (excludes halogenated alkanes) is 1. The maximum absolute atomic E-state index is 13.2. The van der Waals surface area contributed by atoms with Crippen LogP contribution in [-0.2, 0) is 19.9 Å². The van der Waals surface area contributed by atoms with Crippen LogP contribution < -0.4 is 5.32 Å². The monoisotopic (exact) mass is 443 g/mol. The predicted molar refractivity (Wildman–Crippen MR) is 125 cm³/mol. The normalized spacial score (nSPS) is 18.3. The molecule has 33 heavy (non-hydrogen) atoms. The van der Waals surface area contributed by atoms with Crippen LogP contribution >= 0.6 is 0 Å². The molecule has 0 saturated carbocycles. The van der Waals surface area contributed by atoms with Crippen molar-refractivity contribution >= 4 is 11.8 Å². The molecular formula is C26H29N5O2. The van der Waals surface area contributed by atoms with E-state index in [0.717, 1.165) is 50.0 Å². The van der Waals surface area contributed by atoms with Crippen molar-refractivity contribution in [1.82, 2.24) is 24.8 Å². The van der Waals surface area contributed by atoms with E-state index in [1.165, 1.54) is 10.5 Å². The summed E-state index contributed by atoms with van der Waals surface area (Å²) in [4.78, 5) is 36.9. The molecule has 2 amide bonds. The molecule has 1 aliphatic heterocycles. The van der Waals surface area contributed by atoms with Crippen molar-refractivity contribution in [1.29, 1.82) is 0 Å². The highest BCUT2D eigenvalue weighted by Gasteiger charge is 2.40. The zero-order valence-corrected chi connectivity index (χ0v) is 18.9. The lowest BCUT2D eigenvalue weighted by Crippen LogP contribution is -2.50. The number of hydrogen-bond acceptors (Lipinski definition) is 5. The number of rotatable bonds is 8. The number of nitrogens with zero attached hydrogens (tertiary/aromatic N) is 4. The number of amides is 2. The topological polar surface area (TPSA) is 80.1 Å². The summed E-state index contributed by atoms with van der Waals surface area (Å²) in [6, 6.07) is 11.2. The average molecular weight is 444 g/mol. The van der Waals surface area contributed by atoms with Crippen LogP contribution in [0.5, 0.6) is 0 Å². The fourth-order valence-corrected chi connectivity index (χ4v) is 5.04. The molecule has 1 aromatic carbocycles. The van der Waals surface area contributed by atoms with Gasteiger partial charge in [0.1, 0.15) is 5.82 Å². The molecule has 0 spiro atoms. The molecule has 2 aliphatic rings. The maximum atomic E-state index is 13.2. The highest BCUT2D eigenvalue weighted by atomic mass is 16.2. The Morgan fingerprint density at radius 2 is 1.82 bits per heavy atom. The van der Waals surface area contributed by atoms with Crippen LogP contribution in [0.4, 0.5) is 0 Å². The van der Waals surface area contributed by atoms with Crippen molar-refractivity contribution in [2.24, 2.45) is 7.05 Å². The second-order valence-corrected chi connectivity index (χ2v) is 8.90. The zero-order valence-electron chi connectivity index (χ0n) is 18.9. The minimum atomic E-state index is -0.378. The van der Waals surface area contributed by atoms with Gasteiger partial charge in [0.05, 0.1) is 29.0 Å². The van der Waals surface area contributed by atoms with Crippen molar-refractivity contribution in [3.8, 4) is 0 Å². The van der Waals surface area contributed by atoms with E-state index in [2.05, 4.69) is 21.4 Å². The summed E-state index contributed by atoms with van der Waals surface area (Å²) in [6.45, 7) is 0. The van der Waals surface area contributed by atoms with Crippen LogP contribution in [0.3, 0.4) is 0 Å². The highest BCUT2D eigenvalue weighted by Crippen LogP contribution is 2.31. The van der Waals surface area contributed by atoms with Gasteiger partial charge < -0.3 is 4.57 Å². The van der Waals surface area contributed by atoms with E-state index in [0.29, 0.717) is 17.5 Å². The molecule has 2 aromatic heterocycles. The molecule has 0 radical (unpaired) electrons. The Bertz CT molecular complexity index is 1140. The number of imidazole rings is 1. The van der Waals surface area contributed by atoms with Crippen LogP contribution in [-0.4, -0.2) is 37.4 Å². The van der Waals surface area contributed by atoms with Crippen molar-refractivity contribution in [2.45, 2.75) is 57.2 Å². The number of nitrogens with one attached hydrogen (secondary N) is 1. The number of fused-ring (bicyclic) bond motifs is 2. The van der Waals surface area contributed by atoms with Gasteiger partial charge >= 0.3 is 0 Å². The Morgan fingerprint density at radius 1 is 1.03 bits per heavy atom. The van der Waals surface area contributed by atoms with Crippen molar-refractivity contribution in [3.63, 3.8) is 0 Å². The Hall–Kier alpha value is -3.32.